The highest BCUT2D eigenvalue weighted by atomic mass is 19.1. The van der Waals surface area contributed by atoms with E-state index in [1.54, 1.807) is 0 Å². The molecule has 36 heavy (non-hydrogen) atoms. The fourth-order valence-corrected chi connectivity index (χ4v) is 6.52. The molecular formula is C28H30F2N4O2. The lowest BCUT2D eigenvalue weighted by Crippen LogP contribution is -2.42. The van der Waals surface area contributed by atoms with Crippen molar-refractivity contribution in [2.75, 3.05) is 20.1 Å². The van der Waals surface area contributed by atoms with Gasteiger partial charge < -0.3 is 15.3 Å². The summed E-state index contributed by atoms with van der Waals surface area (Å²) in [5, 5.41) is 17.3. The van der Waals surface area contributed by atoms with Gasteiger partial charge in [0.2, 0.25) is 0 Å². The van der Waals surface area contributed by atoms with E-state index in [2.05, 4.69) is 26.8 Å². The molecule has 0 aromatic heterocycles. The first-order chi connectivity index (χ1) is 17.4. The Kier molecular flexibility index (Phi) is 5.79. The number of nitrogens with one attached hydrogen (secondary N) is 2. The molecule has 1 atom stereocenters. The van der Waals surface area contributed by atoms with Gasteiger partial charge in [0.05, 0.1) is 11.4 Å². The fraction of sp³-hybridized carbons (Fsp3) is 0.429. The van der Waals surface area contributed by atoms with Gasteiger partial charge in [-0.15, -0.1) is 0 Å². The predicted molar refractivity (Wildman–Crippen MR) is 135 cm³/mol. The van der Waals surface area contributed by atoms with Gasteiger partial charge in [-0.1, -0.05) is 6.08 Å². The van der Waals surface area contributed by atoms with E-state index >= 15 is 0 Å². The Balaban J connectivity index is 1.30. The van der Waals surface area contributed by atoms with Gasteiger partial charge in [-0.05, 0) is 67.2 Å². The Morgan fingerprint density at radius 1 is 1.19 bits per heavy atom. The molecule has 0 amide bonds. The number of allylic oxidation sites excluding steroid dienone is 2. The van der Waals surface area contributed by atoms with E-state index in [4.69, 9.17) is 5.11 Å². The number of halogens is 2. The van der Waals surface area contributed by atoms with Crippen LogP contribution in [0, 0.1) is 17.7 Å². The third-order valence-corrected chi connectivity index (χ3v) is 8.27. The molecule has 5 aliphatic rings. The molecular weight excluding hydrogens is 462 g/mol. The maximum absolute atomic E-state index is 14.6. The smallest absolute Gasteiger partial charge is 0.303 e. The first-order valence-electron chi connectivity index (χ1n) is 12.7. The third-order valence-electron chi connectivity index (χ3n) is 8.27. The van der Waals surface area contributed by atoms with E-state index < -0.39 is 17.6 Å². The standard InChI is InChI=1S/C28H30F2N4O2/c1-34-13-21(17-6-7-31-24(9-17)16-4-2-15(3-5-16)8-26(35)36)28-22(14-34)19-10-18(29)11-20-23(30)12-25(27(19)20)32-33-28/h6,10-12,14-16,24,31,33H,2-5,7-9,13H2,1H3,(H,35,36)/t15-,16-,24?. The average Bonchev–Trinajstić information content (AvgIpc) is 3.08. The van der Waals surface area contributed by atoms with Crippen LogP contribution in [-0.4, -0.2) is 47.9 Å². The summed E-state index contributed by atoms with van der Waals surface area (Å²) >= 11 is 0. The monoisotopic (exact) mass is 492 g/mol. The van der Waals surface area contributed by atoms with Crippen LogP contribution in [-0.2, 0) is 4.79 Å². The summed E-state index contributed by atoms with van der Waals surface area (Å²) in [6, 6.07) is 3.05. The molecule has 1 aromatic rings. The van der Waals surface area contributed by atoms with E-state index in [0.717, 1.165) is 55.5 Å². The van der Waals surface area contributed by atoms with Crippen molar-refractivity contribution in [3.05, 3.63) is 69.8 Å². The van der Waals surface area contributed by atoms with Crippen LogP contribution in [0.3, 0.4) is 0 Å². The number of carboxylic acid groups (broad SMARTS) is 1. The molecule has 0 saturated heterocycles. The highest BCUT2D eigenvalue weighted by Crippen LogP contribution is 2.42. The van der Waals surface area contributed by atoms with Gasteiger partial charge in [0.25, 0.3) is 0 Å². The van der Waals surface area contributed by atoms with E-state index in [0.29, 0.717) is 35.3 Å². The number of hydrogen-bond donors (Lipinski definition) is 3. The van der Waals surface area contributed by atoms with Crippen LogP contribution in [0.25, 0.3) is 11.4 Å². The Morgan fingerprint density at radius 3 is 2.75 bits per heavy atom. The second kappa shape index (κ2) is 9.00. The lowest BCUT2D eigenvalue weighted by atomic mass is 9.74. The summed E-state index contributed by atoms with van der Waals surface area (Å²) in [6.45, 7) is 1.47. The molecule has 3 heterocycles. The van der Waals surface area contributed by atoms with Crippen molar-refractivity contribution in [2.24, 2.45) is 16.9 Å². The lowest BCUT2D eigenvalue weighted by Gasteiger charge is -2.38. The van der Waals surface area contributed by atoms with Crippen LogP contribution in [0.15, 0.2) is 52.4 Å². The Labute approximate surface area is 209 Å². The third kappa shape index (κ3) is 4.07. The molecule has 1 saturated carbocycles. The number of benzene rings is 1. The van der Waals surface area contributed by atoms with E-state index in [-0.39, 0.29) is 17.9 Å². The normalized spacial score (nSPS) is 27.2. The van der Waals surface area contributed by atoms with Crippen molar-refractivity contribution in [3.63, 3.8) is 0 Å². The van der Waals surface area contributed by atoms with Gasteiger partial charge in [-0.25, -0.2) is 8.78 Å². The minimum absolute atomic E-state index is 0.252. The van der Waals surface area contributed by atoms with Crippen LogP contribution in [0.4, 0.5) is 8.78 Å². The van der Waals surface area contributed by atoms with Gasteiger partial charge in [0.1, 0.15) is 11.6 Å². The van der Waals surface area contributed by atoms with Gasteiger partial charge >= 0.3 is 5.97 Å². The molecule has 1 fully saturated rings. The molecule has 0 bridgehead atoms. The van der Waals surface area contributed by atoms with Crippen molar-refractivity contribution in [2.45, 2.75) is 44.6 Å². The second-order valence-electron chi connectivity index (χ2n) is 10.6. The molecule has 0 radical (unpaired) electrons. The number of aliphatic carboxylic acids is 1. The first-order valence-corrected chi connectivity index (χ1v) is 12.7. The number of carbonyl (C=O) groups is 1. The van der Waals surface area contributed by atoms with Crippen molar-refractivity contribution in [1.82, 2.24) is 15.6 Å². The zero-order chi connectivity index (χ0) is 25.0. The molecule has 3 N–H and O–H groups in total. The number of hydrogen-bond acceptors (Lipinski definition) is 5. The SMILES string of the molecule is CN1C=C2C(=C(C3=CCNC([C@H]4CC[C@H](CC(=O)O)CC4)C3)C1)NN=C1C=C(F)c3cc(F)cc2c31. The fourth-order valence-electron chi connectivity index (χ4n) is 6.52. The lowest BCUT2D eigenvalue weighted by molar-refractivity contribution is -0.138. The minimum atomic E-state index is -0.702. The van der Waals surface area contributed by atoms with Gasteiger partial charge in [-0.3, -0.25) is 10.2 Å². The number of rotatable bonds is 4. The number of nitrogens with zero attached hydrogens (tertiary/aromatic N) is 2. The summed E-state index contributed by atoms with van der Waals surface area (Å²) in [5.41, 5.74) is 9.29. The number of carboxylic acids is 1. The molecule has 1 unspecified atom stereocenters. The zero-order valence-corrected chi connectivity index (χ0v) is 20.3. The second-order valence-corrected chi connectivity index (χ2v) is 10.6. The molecule has 188 valence electrons. The maximum Gasteiger partial charge on any atom is 0.303 e. The van der Waals surface area contributed by atoms with Crippen molar-refractivity contribution in [1.29, 1.82) is 0 Å². The molecule has 6 rings (SSSR count). The van der Waals surface area contributed by atoms with Crippen molar-refractivity contribution >= 4 is 23.1 Å². The minimum Gasteiger partial charge on any atom is -0.481 e. The zero-order valence-electron chi connectivity index (χ0n) is 20.3. The highest BCUT2D eigenvalue weighted by molar-refractivity contribution is 6.21. The summed E-state index contributed by atoms with van der Waals surface area (Å²) in [6.07, 6.45) is 10.7. The molecule has 1 aromatic carbocycles. The maximum atomic E-state index is 14.6. The molecule has 8 heteroatoms. The average molecular weight is 493 g/mol. The van der Waals surface area contributed by atoms with Crippen LogP contribution in [0.1, 0.15) is 55.2 Å². The van der Waals surface area contributed by atoms with Gasteiger partial charge in [0.15, 0.2) is 0 Å². The highest BCUT2D eigenvalue weighted by Gasteiger charge is 2.35. The quantitative estimate of drug-likeness (QED) is 0.574. The van der Waals surface area contributed by atoms with Crippen LogP contribution >= 0.6 is 0 Å². The predicted octanol–water partition coefficient (Wildman–Crippen LogP) is 4.57. The van der Waals surface area contributed by atoms with Crippen LogP contribution in [0.2, 0.25) is 0 Å². The summed E-state index contributed by atoms with van der Waals surface area (Å²) in [4.78, 5) is 13.2. The van der Waals surface area contributed by atoms with E-state index in [1.807, 2.05) is 13.2 Å². The van der Waals surface area contributed by atoms with Crippen molar-refractivity contribution in [3.8, 4) is 0 Å². The Bertz CT molecular complexity index is 1280. The van der Waals surface area contributed by atoms with Gasteiger partial charge in [-0.2, -0.15) is 5.10 Å². The Hall–Kier alpha value is -3.26. The van der Waals surface area contributed by atoms with Crippen LogP contribution < -0.4 is 10.7 Å². The molecule has 2 aliphatic carbocycles. The number of hydrazone groups is 1. The summed E-state index contributed by atoms with van der Waals surface area (Å²) in [7, 11) is 2.00. The van der Waals surface area contributed by atoms with E-state index in [9.17, 15) is 13.6 Å². The summed E-state index contributed by atoms with van der Waals surface area (Å²) < 4.78 is 29.1. The number of likely N-dealkylation sites (N-methyl/N-ethyl adjacent to an activating group) is 1. The molecule has 6 nitrogen and oxygen atoms in total. The van der Waals surface area contributed by atoms with Gasteiger partial charge in [0, 0.05) is 67.1 Å². The molecule has 0 spiro atoms. The van der Waals surface area contributed by atoms with Crippen molar-refractivity contribution < 1.29 is 18.7 Å². The topological polar surface area (TPSA) is 77.0 Å². The molecule has 3 aliphatic heterocycles. The summed E-state index contributed by atoms with van der Waals surface area (Å²) in [5.74, 6) is -0.835. The first kappa shape index (κ1) is 23.2. The Morgan fingerprint density at radius 2 is 1.97 bits per heavy atom. The largest absolute Gasteiger partial charge is 0.481 e. The number of fused-ring (bicyclic) bond motifs is 2. The van der Waals surface area contributed by atoms with Crippen LogP contribution in [0.5, 0.6) is 0 Å². The van der Waals surface area contributed by atoms with E-state index in [1.165, 1.54) is 23.8 Å².